The molecule has 2 aromatic rings. The van der Waals surface area contributed by atoms with E-state index in [0.29, 0.717) is 28.9 Å². The Bertz CT molecular complexity index is 555. The van der Waals surface area contributed by atoms with Crippen LogP contribution in [0.1, 0.15) is 10.4 Å². The number of methoxy groups -OCH3 is 1. The summed E-state index contributed by atoms with van der Waals surface area (Å²) in [4.78, 5) is 14.6. The van der Waals surface area contributed by atoms with Crippen LogP contribution in [0, 0.1) is 5.82 Å². The van der Waals surface area contributed by atoms with E-state index in [1.54, 1.807) is 24.4 Å². The maximum atomic E-state index is 13.8. The van der Waals surface area contributed by atoms with Gasteiger partial charge in [0.2, 0.25) is 0 Å². The molecule has 0 aliphatic carbocycles. The molecule has 17 heavy (non-hydrogen) atoms. The molecular weight excluding hydrogens is 221 g/mol. The fourth-order valence-electron chi connectivity index (χ4n) is 1.55. The second kappa shape index (κ2) is 4.74. The Morgan fingerprint density at radius 3 is 2.82 bits per heavy atom. The lowest BCUT2D eigenvalue weighted by atomic mass is 10.1. The van der Waals surface area contributed by atoms with Crippen molar-refractivity contribution in [2.24, 2.45) is 0 Å². The van der Waals surface area contributed by atoms with E-state index in [4.69, 9.17) is 4.74 Å². The van der Waals surface area contributed by atoms with Gasteiger partial charge < -0.3 is 4.74 Å². The molecule has 1 heterocycles. The number of rotatable bonds is 3. The smallest absolute Gasteiger partial charge is 0.150 e. The summed E-state index contributed by atoms with van der Waals surface area (Å²) in [6.45, 7) is 0. The van der Waals surface area contributed by atoms with E-state index in [2.05, 4.69) is 4.98 Å². The highest BCUT2D eigenvalue weighted by Crippen LogP contribution is 2.29. The Hall–Kier alpha value is -2.23. The summed E-state index contributed by atoms with van der Waals surface area (Å²) < 4.78 is 18.9. The van der Waals surface area contributed by atoms with Crippen molar-refractivity contribution in [3.05, 3.63) is 47.9 Å². The van der Waals surface area contributed by atoms with Crippen molar-refractivity contribution >= 4 is 6.29 Å². The Morgan fingerprint density at radius 2 is 2.18 bits per heavy atom. The number of hydrogen-bond acceptors (Lipinski definition) is 3. The maximum Gasteiger partial charge on any atom is 0.150 e. The third-order valence-corrected chi connectivity index (χ3v) is 2.37. The summed E-state index contributed by atoms with van der Waals surface area (Å²) in [5.41, 5.74) is 1.03. The fourth-order valence-corrected chi connectivity index (χ4v) is 1.55. The van der Waals surface area contributed by atoms with Gasteiger partial charge in [0.15, 0.2) is 0 Å². The van der Waals surface area contributed by atoms with Crippen LogP contribution in [0.2, 0.25) is 0 Å². The molecule has 1 aromatic heterocycles. The minimum absolute atomic E-state index is 0.293. The molecule has 0 saturated heterocycles. The first kappa shape index (κ1) is 11.3. The summed E-state index contributed by atoms with van der Waals surface area (Å²) in [6, 6.07) is 7.65. The summed E-state index contributed by atoms with van der Waals surface area (Å²) in [6.07, 6.45) is 2.16. The maximum absolute atomic E-state index is 13.8. The van der Waals surface area contributed by atoms with Crippen LogP contribution >= 0.6 is 0 Å². The average molecular weight is 231 g/mol. The molecule has 0 unspecified atom stereocenters. The first-order chi connectivity index (χ1) is 8.26. The highest BCUT2D eigenvalue weighted by Gasteiger charge is 2.11. The van der Waals surface area contributed by atoms with E-state index in [0.717, 1.165) is 0 Å². The van der Waals surface area contributed by atoms with Gasteiger partial charge in [0.1, 0.15) is 23.5 Å². The number of aromatic nitrogens is 1. The van der Waals surface area contributed by atoms with Gasteiger partial charge in [-0.2, -0.15) is 0 Å². The van der Waals surface area contributed by atoms with Gasteiger partial charge >= 0.3 is 0 Å². The predicted octanol–water partition coefficient (Wildman–Crippen LogP) is 2.71. The number of ether oxygens (including phenoxy) is 1. The normalized spacial score (nSPS) is 10.0. The van der Waals surface area contributed by atoms with E-state index in [1.165, 1.54) is 19.2 Å². The largest absolute Gasteiger partial charge is 0.494 e. The highest BCUT2D eigenvalue weighted by molar-refractivity contribution is 5.77. The number of carbonyl (C=O) groups is 1. The molecule has 0 amide bonds. The number of benzene rings is 1. The van der Waals surface area contributed by atoms with E-state index in [-0.39, 0.29) is 0 Å². The molecule has 4 heteroatoms. The fraction of sp³-hybridized carbons (Fsp3) is 0.0769. The van der Waals surface area contributed by atoms with E-state index in [9.17, 15) is 9.18 Å². The molecule has 0 aliphatic rings. The van der Waals surface area contributed by atoms with E-state index in [1.807, 2.05) is 0 Å². The van der Waals surface area contributed by atoms with Crippen molar-refractivity contribution in [3.8, 4) is 17.0 Å². The number of pyridine rings is 1. The number of nitrogens with zero attached hydrogens (tertiary/aromatic N) is 1. The van der Waals surface area contributed by atoms with Crippen LogP contribution in [0.5, 0.6) is 5.75 Å². The molecule has 0 atom stereocenters. The van der Waals surface area contributed by atoms with Crippen LogP contribution in [0.25, 0.3) is 11.3 Å². The number of halogens is 1. The average Bonchev–Trinajstić information content (AvgIpc) is 2.38. The van der Waals surface area contributed by atoms with Crippen molar-refractivity contribution < 1.29 is 13.9 Å². The summed E-state index contributed by atoms with van der Waals surface area (Å²) in [5.74, 6) is -0.00291. The number of hydrogen-bond donors (Lipinski definition) is 0. The Labute approximate surface area is 97.9 Å². The third-order valence-electron chi connectivity index (χ3n) is 2.37. The van der Waals surface area contributed by atoms with Crippen molar-refractivity contribution in [2.75, 3.05) is 7.11 Å². The van der Waals surface area contributed by atoms with Gasteiger partial charge in [0, 0.05) is 17.3 Å². The number of carbonyl (C=O) groups excluding carboxylic acids is 1. The van der Waals surface area contributed by atoms with Crippen molar-refractivity contribution in [2.45, 2.75) is 0 Å². The molecule has 0 aliphatic heterocycles. The van der Waals surface area contributed by atoms with Crippen LogP contribution in [-0.4, -0.2) is 18.4 Å². The molecule has 0 spiro atoms. The topological polar surface area (TPSA) is 39.2 Å². The molecule has 86 valence electrons. The first-order valence-electron chi connectivity index (χ1n) is 5.00. The zero-order valence-corrected chi connectivity index (χ0v) is 9.18. The molecule has 0 radical (unpaired) electrons. The van der Waals surface area contributed by atoms with E-state index >= 15 is 0 Å². The van der Waals surface area contributed by atoms with Gasteiger partial charge in [0.25, 0.3) is 0 Å². The van der Waals surface area contributed by atoms with Crippen molar-refractivity contribution in [1.82, 2.24) is 4.98 Å². The first-order valence-corrected chi connectivity index (χ1v) is 5.00. The highest BCUT2D eigenvalue weighted by atomic mass is 19.1. The Kier molecular flexibility index (Phi) is 3.14. The van der Waals surface area contributed by atoms with Gasteiger partial charge in [-0.1, -0.05) is 6.07 Å². The van der Waals surface area contributed by atoms with Crippen LogP contribution in [0.3, 0.4) is 0 Å². The summed E-state index contributed by atoms with van der Waals surface area (Å²) in [5, 5.41) is 0. The molecule has 0 N–H and O–H groups in total. The quantitative estimate of drug-likeness (QED) is 0.762. The predicted molar refractivity (Wildman–Crippen MR) is 61.6 cm³/mol. The molecule has 1 aromatic carbocycles. The lowest BCUT2D eigenvalue weighted by Crippen LogP contribution is -1.94. The Morgan fingerprint density at radius 1 is 1.35 bits per heavy atom. The molecule has 0 bridgehead atoms. The lowest BCUT2D eigenvalue weighted by Gasteiger charge is -2.08. The molecule has 2 rings (SSSR count). The van der Waals surface area contributed by atoms with Crippen molar-refractivity contribution in [3.63, 3.8) is 0 Å². The molecule has 3 nitrogen and oxygen atoms in total. The van der Waals surface area contributed by atoms with Gasteiger partial charge in [0.05, 0.1) is 7.11 Å². The zero-order valence-electron chi connectivity index (χ0n) is 9.18. The molecule has 0 saturated carbocycles. The van der Waals surface area contributed by atoms with Crippen molar-refractivity contribution in [1.29, 1.82) is 0 Å². The lowest BCUT2D eigenvalue weighted by molar-refractivity contribution is 0.112. The Balaban J connectivity index is 2.56. The van der Waals surface area contributed by atoms with Gasteiger partial charge in [-0.05, 0) is 24.3 Å². The van der Waals surface area contributed by atoms with Crippen LogP contribution in [-0.2, 0) is 0 Å². The summed E-state index contributed by atoms with van der Waals surface area (Å²) >= 11 is 0. The molecular formula is C13H10FNO2. The van der Waals surface area contributed by atoms with Gasteiger partial charge in [-0.15, -0.1) is 0 Å². The van der Waals surface area contributed by atoms with Crippen LogP contribution < -0.4 is 4.74 Å². The summed E-state index contributed by atoms with van der Waals surface area (Å²) in [7, 11) is 1.50. The second-order valence-corrected chi connectivity index (χ2v) is 3.41. The monoisotopic (exact) mass is 231 g/mol. The zero-order chi connectivity index (χ0) is 12.3. The number of aldehydes is 1. The SMILES string of the molecule is COc1cccnc1-c1ccc(C=O)cc1F. The van der Waals surface area contributed by atoms with Gasteiger partial charge in [-0.3, -0.25) is 9.78 Å². The second-order valence-electron chi connectivity index (χ2n) is 3.41. The minimum Gasteiger partial charge on any atom is -0.494 e. The third kappa shape index (κ3) is 2.15. The minimum atomic E-state index is -0.494. The van der Waals surface area contributed by atoms with Crippen LogP contribution in [0.4, 0.5) is 4.39 Å². The molecule has 0 fully saturated rings. The van der Waals surface area contributed by atoms with Gasteiger partial charge in [-0.25, -0.2) is 4.39 Å². The standard InChI is InChI=1S/C13H10FNO2/c1-17-12-3-2-6-15-13(12)10-5-4-9(8-16)7-11(10)14/h2-8H,1H3. The van der Waals surface area contributed by atoms with E-state index < -0.39 is 5.82 Å². The van der Waals surface area contributed by atoms with Crippen LogP contribution in [0.15, 0.2) is 36.5 Å².